The van der Waals surface area contributed by atoms with Gasteiger partial charge in [-0.1, -0.05) is 19.3 Å². The van der Waals surface area contributed by atoms with Crippen LogP contribution in [0.4, 0.5) is 11.8 Å². The van der Waals surface area contributed by atoms with Crippen molar-refractivity contribution in [2.24, 2.45) is 7.05 Å². The second kappa shape index (κ2) is 7.59. The van der Waals surface area contributed by atoms with Gasteiger partial charge in [0.2, 0.25) is 5.95 Å². The van der Waals surface area contributed by atoms with Crippen molar-refractivity contribution in [3.05, 3.63) is 53.3 Å². The van der Waals surface area contributed by atoms with Crippen LogP contribution in [0.15, 0.2) is 47.6 Å². The lowest BCUT2D eigenvalue weighted by Gasteiger charge is -2.22. The molecule has 1 aliphatic carbocycles. The van der Waals surface area contributed by atoms with E-state index in [9.17, 15) is 0 Å². The minimum Gasteiger partial charge on any atom is -0.357 e. The summed E-state index contributed by atoms with van der Waals surface area (Å²) in [5.74, 6) is 1.85. The van der Waals surface area contributed by atoms with Gasteiger partial charge >= 0.3 is 0 Å². The van der Waals surface area contributed by atoms with E-state index in [0.717, 1.165) is 32.8 Å². The average Bonchev–Trinajstić information content (AvgIpc) is 3.36. The van der Waals surface area contributed by atoms with E-state index in [0.29, 0.717) is 11.9 Å². The van der Waals surface area contributed by atoms with Gasteiger partial charge in [0, 0.05) is 60.6 Å². The molecule has 1 N–H and O–H groups in total. The standard InChI is InChI=1S/C21H22BrN7/c1-28-8-7-15(13-28)17-12-25-29-19(27-21-23-10-16(22)11-24-21)9-18(26-20(17)29)14-5-3-2-4-6-14/h7-14H,2-6H2,1H3,(H,23,24,27). The van der Waals surface area contributed by atoms with Crippen molar-refractivity contribution in [3.8, 4) is 11.1 Å². The Hall–Kier alpha value is -2.74. The van der Waals surface area contributed by atoms with Gasteiger partial charge in [-0.25, -0.2) is 15.0 Å². The number of hydrogen-bond donors (Lipinski definition) is 1. The topological polar surface area (TPSA) is 72.9 Å². The zero-order valence-electron chi connectivity index (χ0n) is 16.2. The Labute approximate surface area is 177 Å². The number of aryl methyl sites for hydroxylation is 1. The molecule has 0 saturated heterocycles. The molecule has 1 fully saturated rings. The fourth-order valence-electron chi connectivity index (χ4n) is 4.04. The maximum atomic E-state index is 5.06. The SMILES string of the molecule is Cn1ccc(-c2cnn3c(Nc4ncc(Br)cn4)cc(C4CCCCC4)nc23)c1. The number of hydrogen-bond acceptors (Lipinski definition) is 5. The highest BCUT2D eigenvalue weighted by atomic mass is 79.9. The van der Waals surface area contributed by atoms with Crippen molar-refractivity contribution in [3.63, 3.8) is 0 Å². The molecule has 1 saturated carbocycles. The van der Waals surface area contributed by atoms with Crippen molar-refractivity contribution >= 4 is 33.3 Å². The van der Waals surface area contributed by atoms with Crippen LogP contribution in [0, 0.1) is 0 Å². The summed E-state index contributed by atoms with van der Waals surface area (Å²) in [5.41, 5.74) is 4.12. The van der Waals surface area contributed by atoms with Crippen LogP contribution in [0.2, 0.25) is 0 Å². The summed E-state index contributed by atoms with van der Waals surface area (Å²) < 4.78 is 4.73. The lowest BCUT2D eigenvalue weighted by molar-refractivity contribution is 0.437. The Morgan fingerprint density at radius 1 is 1.10 bits per heavy atom. The summed E-state index contributed by atoms with van der Waals surface area (Å²) in [5, 5.41) is 7.96. The molecule has 7 nitrogen and oxygen atoms in total. The van der Waals surface area contributed by atoms with E-state index in [4.69, 9.17) is 4.98 Å². The van der Waals surface area contributed by atoms with Crippen LogP contribution < -0.4 is 5.32 Å². The predicted molar refractivity (Wildman–Crippen MR) is 116 cm³/mol. The van der Waals surface area contributed by atoms with Gasteiger partial charge in [-0.2, -0.15) is 9.61 Å². The van der Waals surface area contributed by atoms with Crippen molar-refractivity contribution in [2.45, 2.75) is 38.0 Å². The van der Waals surface area contributed by atoms with E-state index in [2.05, 4.69) is 54.6 Å². The third kappa shape index (κ3) is 3.64. The van der Waals surface area contributed by atoms with Gasteiger partial charge in [-0.05, 0) is 34.8 Å². The fourth-order valence-corrected chi connectivity index (χ4v) is 4.24. The van der Waals surface area contributed by atoms with Crippen molar-refractivity contribution in [1.29, 1.82) is 0 Å². The van der Waals surface area contributed by atoms with E-state index in [-0.39, 0.29) is 0 Å². The molecular weight excluding hydrogens is 430 g/mol. The molecule has 1 aliphatic rings. The first-order valence-corrected chi connectivity index (χ1v) is 10.7. The predicted octanol–water partition coefficient (Wildman–Crippen LogP) is 5.08. The minimum atomic E-state index is 0.485. The Morgan fingerprint density at radius 3 is 2.62 bits per heavy atom. The molecule has 0 spiro atoms. The molecule has 0 atom stereocenters. The van der Waals surface area contributed by atoms with Gasteiger partial charge in [0.15, 0.2) is 5.65 Å². The Kier molecular flexibility index (Phi) is 4.79. The number of fused-ring (bicyclic) bond motifs is 1. The largest absolute Gasteiger partial charge is 0.357 e. The highest BCUT2D eigenvalue weighted by Gasteiger charge is 2.21. The smallest absolute Gasteiger partial charge is 0.228 e. The van der Waals surface area contributed by atoms with Crippen LogP contribution in [0.1, 0.15) is 43.7 Å². The normalized spacial score (nSPS) is 15.1. The number of nitrogens with zero attached hydrogens (tertiary/aromatic N) is 6. The highest BCUT2D eigenvalue weighted by molar-refractivity contribution is 9.10. The Balaban J connectivity index is 1.63. The average molecular weight is 452 g/mol. The second-order valence-corrected chi connectivity index (χ2v) is 8.53. The van der Waals surface area contributed by atoms with E-state index >= 15 is 0 Å². The number of rotatable bonds is 4. The minimum absolute atomic E-state index is 0.485. The molecule has 8 heteroatoms. The molecule has 5 rings (SSSR count). The lowest BCUT2D eigenvalue weighted by atomic mass is 9.87. The monoisotopic (exact) mass is 451 g/mol. The number of nitrogens with one attached hydrogen (secondary N) is 1. The van der Waals surface area contributed by atoms with Gasteiger partial charge in [0.1, 0.15) is 5.82 Å². The molecule has 0 bridgehead atoms. The van der Waals surface area contributed by atoms with E-state index in [1.165, 1.54) is 32.1 Å². The molecule has 0 radical (unpaired) electrons. The van der Waals surface area contributed by atoms with Crippen LogP contribution in [0.25, 0.3) is 16.8 Å². The van der Waals surface area contributed by atoms with E-state index in [1.54, 1.807) is 12.4 Å². The number of aromatic nitrogens is 6. The molecule has 148 valence electrons. The van der Waals surface area contributed by atoms with E-state index in [1.807, 2.05) is 28.5 Å². The van der Waals surface area contributed by atoms with E-state index < -0.39 is 0 Å². The molecule has 4 heterocycles. The zero-order valence-corrected chi connectivity index (χ0v) is 17.8. The summed E-state index contributed by atoms with van der Waals surface area (Å²) in [6.07, 6.45) is 15.7. The summed E-state index contributed by atoms with van der Waals surface area (Å²) >= 11 is 3.38. The second-order valence-electron chi connectivity index (χ2n) is 7.61. The van der Waals surface area contributed by atoms with Crippen LogP contribution in [-0.2, 0) is 7.05 Å². The van der Waals surface area contributed by atoms with Crippen LogP contribution in [-0.4, -0.2) is 29.1 Å². The summed E-state index contributed by atoms with van der Waals surface area (Å²) in [4.78, 5) is 13.8. The molecular formula is C21H22BrN7. The first-order chi connectivity index (χ1) is 14.2. The maximum absolute atomic E-state index is 5.06. The molecule has 0 aliphatic heterocycles. The van der Waals surface area contributed by atoms with Crippen molar-refractivity contribution < 1.29 is 0 Å². The number of anilines is 2. The molecule has 29 heavy (non-hydrogen) atoms. The van der Waals surface area contributed by atoms with Gasteiger partial charge < -0.3 is 9.88 Å². The van der Waals surface area contributed by atoms with Gasteiger partial charge in [-0.15, -0.1) is 0 Å². The first-order valence-electron chi connectivity index (χ1n) is 9.93. The molecule has 4 aromatic rings. The summed E-state index contributed by atoms with van der Waals surface area (Å²) in [7, 11) is 2.02. The Morgan fingerprint density at radius 2 is 1.90 bits per heavy atom. The van der Waals surface area contributed by atoms with Crippen LogP contribution >= 0.6 is 15.9 Å². The maximum Gasteiger partial charge on any atom is 0.228 e. The van der Waals surface area contributed by atoms with Crippen LogP contribution in [0.5, 0.6) is 0 Å². The molecule has 0 amide bonds. The summed E-state index contributed by atoms with van der Waals surface area (Å²) in [6.45, 7) is 0. The summed E-state index contributed by atoms with van der Waals surface area (Å²) in [6, 6.07) is 4.20. The van der Waals surface area contributed by atoms with Crippen molar-refractivity contribution in [1.82, 2.24) is 29.1 Å². The molecule has 0 unspecified atom stereocenters. The first kappa shape index (κ1) is 18.3. The highest BCUT2D eigenvalue weighted by Crippen LogP contribution is 2.35. The molecule has 4 aromatic heterocycles. The lowest BCUT2D eigenvalue weighted by Crippen LogP contribution is -2.10. The fraction of sp³-hybridized carbons (Fsp3) is 0.333. The number of halogens is 1. The van der Waals surface area contributed by atoms with Gasteiger partial charge in [0.25, 0.3) is 0 Å². The molecule has 0 aromatic carbocycles. The van der Waals surface area contributed by atoms with Crippen LogP contribution in [0.3, 0.4) is 0 Å². The van der Waals surface area contributed by atoms with Gasteiger partial charge in [-0.3, -0.25) is 0 Å². The zero-order chi connectivity index (χ0) is 19.8. The van der Waals surface area contributed by atoms with Crippen molar-refractivity contribution in [2.75, 3.05) is 5.32 Å². The third-order valence-corrected chi connectivity index (χ3v) is 5.93. The quantitative estimate of drug-likeness (QED) is 0.468. The Bertz CT molecular complexity index is 1140. The van der Waals surface area contributed by atoms with Gasteiger partial charge in [0.05, 0.1) is 10.7 Å². The third-order valence-electron chi connectivity index (χ3n) is 5.52.